The lowest BCUT2D eigenvalue weighted by Gasteiger charge is -2.12. The molecule has 0 aliphatic carbocycles. The average Bonchev–Trinajstić information content (AvgIpc) is 3.46. The molecule has 0 fully saturated rings. The van der Waals surface area contributed by atoms with Crippen molar-refractivity contribution in [1.29, 1.82) is 0 Å². The first-order valence-electron chi connectivity index (χ1n) is 9.60. The highest BCUT2D eigenvalue weighted by atomic mass is 16.5. The molecule has 2 heterocycles. The first-order chi connectivity index (χ1) is 15.5. The molecule has 0 saturated carbocycles. The van der Waals surface area contributed by atoms with E-state index in [1.54, 1.807) is 55.5 Å². The Morgan fingerprint density at radius 3 is 2.47 bits per heavy atom. The summed E-state index contributed by atoms with van der Waals surface area (Å²) in [5.74, 6) is 0.0293. The van der Waals surface area contributed by atoms with E-state index in [1.807, 2.05) is 6.92 Å². The van der Waals surface area contributed by atoms with Crippen LogP contribution >= 0.6 is 0 Å². The van der Waals surface area contributed by atoms with Crippen LogP contribution < -0.4 is 15.6 Å². The molecule has 4 aromatic rings. The van der Waals surface area contributed by atoms with Crippen LogP contribution in [0.3, 0.4) is 0 Å². The van der Waals surface area contributed by atoms with Gasteiger partial charge in [0.25, 0.3) is 11.8 Å². The number of aromatic nitrogens is 5. The summed E-state index contributed by atoms with van der Waals surface area (Å²) < 4.78 is 12.4. The van der Waals surface area contributed by atoms with Gasteiger partial charge in [-0.15, -0.1) is 5.10 Å². The predicted octanol–water partition coefficient (Wildman–Crippen LogP) is 1.92. The summed E-state index contributed by atoms with van der Waals surface area (Å²) >= 11 is 0. The van der Waals surface area contributed by atoms with Gasteiger partial charge in [0.05, 0.1) is 22.5 Å². The molecule has 4 rings (SSSR count). The molecule has 0 unspecified atom stereocenters. The van der Waals surface area contributed by atoms with E-state index in [0.29, 0.717) is 22.8 Å². The van der Waals surface area contributed by atoms with E-state index in [2.05, 4.69) is 31.5 Å². The van der Waals surface area contributed by atoms with Gasteiger partial charge < -0.3 is 9.26 Å². The summed E-state index contributed by atoms with van der Waals surface area (Å²) in [6.45, 7) is 3.81. The first-order valence-corrected chi connectivity index (χ1v) is 9.60. The van der Waals surface area contributed by atoms with E-state index in [9.17, 15) is 9.59 Å². The van der Waals surface area contributed by atoms with Crippen molar-refractivity contribution in [2.24, 2.45) is 0 Å². The molecule has 162 valence electrons. The molecule has 0 radical (unpaired) electrons. The number of nitrogens with zero attached hydrogens (tertiary/aromatic N) is 5. The second-order valence-electron chi connectivity index (χ2n) is 6.80. The zero-order valence-corrected chi connectivity index (χ0v) is 17.3. The number of rotatable bonds is 6. The van der Waals surface area contributed by atoms with E-state index in [1.165, 1.54) is 11.0 Å². The van der Waals surface area contributed by atoms with Crippen LogP contribution in [0, 0.1) is 13.8 Å². The summed E-state index contributed by atoms with van der Waals surface area (Å²) in [5, 5.41) is 14.8. The van der Waals surface area contributed by atoms with Gasteiger partial charge in [0.2, 0.25) is 0 Å². The van der Waals surface area contributed by atoms with Gasteiger partial charge in [-0.3, -0.25) is 20.4 Å². The van der Waals surface area contributed by atoms with E-state index in [0.717, 1.165) is 11.3 Å². The normalized spacial score (nSPS) is 10.6. The van der Waals surface area contributed by atoms with Gasteiger partial charge in [0.15, 0.2) is 0 Å². The lowest BCUT2D eigenvalue weighted by atomic mass is 10.2. The molecule has 0 atom stereocenters. The first kappa shape index (κ1) is 20.7. The molecule has 2 N–H and O–H groups in total. The second-order valence-corrected chi connectivity index (χ2v) is 6.80. The molecule has 0 bridgehead atoms. The van der Waals surface area contributed by atoms with Crippen LogP contribution in [-0.2, 0) is 6.61 Å². The summed E-state index contributed by atoms with van der Waals surface area (Å²) in [4.78, 5) is 25.0. The topological polar surface area (TPSA) is 137 Å². The number of nitrogens with one attached hydrogen (secondary N) is 2. The maximum atomic E-state index is 12.6. The van der Waals surface area contributed by atoms with Crippen LogP contribution in [0.1, 0.15) is 37.7 Å². The second kappa shape index (κ2) is 9.08. The number of carbonyl (C=O) groups is 2. The van der Waals surface area contributed by atoms with E-state index in [-0.39, 0.29) is 12.2 Å². The molecule has 0 saturated heterocycles. The third kappa shape index (κ3) is 4.46. The molecule has 2 aromatic carbocycles. The Kier molecular flexibility index (Phi) is 5.88. The molecule has 11 heteroatoms. The average molecular weight is 433 g/mol. The smallest absolute Gasteiger partial charge is 0.273 e. The minimum Gasteiger partial charge on any atom is -0.488 e. The Morgan fingerprint density at radius 2 is 1.78 bits per heavy atom. The van der Waals surface area contributed by atoms with Crippen LogP contribution in [0.4, 0.5) is 0 Å². The molecule has 0 spiro atoms. The highest BCUT2D eigenvalue weighted by Crippen LogP contribution is 2.21. The number of aryl methyl sites for hydroxylation is 2. The maximum Gasteiger partial charge on any atom is 0.273 e. The molecular weight excluding hydrogens is 414 g/mol. The number of benzene rings is 2. The van der Waals surface area contributed by atoms with Gasteiger partial charge in [-0.1, -0.05) is 17.3 Å². The van der Waals surface area contributed by atoms with Crippen molar-refractivity contribution in [2.45, 2.75) is 20.5 Å². The van der Waals surface area contributed by atoms with Crippen molar-refractivity contribution < 1.29 is 18.8 Å². The Balaban J connectivity index is 1.38. The van der Waals surface area contributed by atoms with E-state index < -0.39 is 11.8 Å². The number of tetrazole rings is 1. The third-order valence-corrected chi connectivity index (χ3v) is 4.72. The van der Waals surface area contributed by atoms with Crippen molar-refractivity contribution >= 4 is 11.8 Å². The van der Waals surface area contributed by atoms with Crippen LogP contribution in [-0.4, -0.2) is 37.2 Å². The predicted molar refractivity (Wildman–Crippen MR) is 111 cm³/mol. The van der Waals surface area contributed by atoms with Gasteiger partial charge in [-0.2, -0.15) is 0 Å². The number of hydrazine groups is 1. The molecule has 0 aliphatic rings. The largest absolute Gasteiger partial charge is 0.488 e. The highest BCUT2D eigenvalue weighted by Gasteiger charge is 2.16. The Morgan fingerprint density at radius 1 is 1.03 bits per heavy atom. The zero-order valence-electron chi connectivity index (χ0n) is 17.3. The highest BCUT2D eigenvalue weighted by molar-refractivity contribution is 6.00. The van der Waals surface area contributed by atoms with Crippen molar-refractivity contribution in [1.82, 2.24) is 36.2 Å². The van der Waals surface area contributed by atoms with Crippen LogP contribution in [0.2, 0.25) is 0 Å². The minimum atomic E-state index is -0.516. The van der Waals surface area contributed by atoms with Gasteiger partial charge in [-0.05, 0) is 60.7 Å². The quantitative estimate of drug-likeness (QED) is 0.440. The van der Waals surface area contributed by atoms with Gasteiger partial charge in [0.1, 0.15) is 24.4 Å². The van der Waals surface area contributed by atoms with Crippen LogP contribution in [0.15, 0.2) is 59.4 Å². The fourth-order valence-electron chi connectivity index (χ4n) is 2.94. The standard InChI is InChI=1S/C21H19N7O4/c1-13-18(14(2)32-25-13)11-31-19-6-4-3-5-17(19)21(30)24-23-20(29)15-7-9-16(10-8-15)28-12-22-26-27-28/h3-10,12H,11H2,1-2H3,(H,23,29)(H,24,30). The number of hydrogen-bond acceptors (Lipinski definition) is 8. The molecule has 2 amide bonds. The SMILES string of the molecule is Cc1noc(C)c1COc1ccccc1C(=O)NNC(=O)c1ccc(-n2cnnn2)cc1. The number of amides is 2. The number of carbonyl (C=O) groups excluding carboxylic acids is 2. The lowest BCUT2D eigenvalue weighted by molar-refractivity contribution is 0.0844. The monoisotopic (exact) mass is 433 g/mol. The number of para-hydroxylation sites is 1. The fraction of sp³-hybridized carbons (Fsp3) is 0.143. The summed E-state index contributed by atoms with van der Waals surface area (Å²) in [7, 11) is 0. The minimum absolute atomic E-state index is 0.200. The maximum absolute atomic E-state index is 12.6. The Bertz CT molecular complexity index is 1210. The molecule has 2 aromatic heterocycles. The van der Waals surface area contributed by atoms with Crippen molar-refractivity contribution in [3.8, 4) is 11.4 Å². The molecule has 0 aliphatic heterocycles. The summed E-state index contributed by atoms with van der Waals surface area (Å²) in [5.41, 5.74) is 7.67. The summed E-state index contributed by atoms with van der Waals surface area (Å²) in [6.07, 6.45) is 1.44. The van der Waals surface area contributed by atoms with E-state index >= 15 is 0 Å². The lowest BCUT2D eigenvalue weighted by Crippen LogP contribution is -2.41. The fourth-order valence-corrected chi connectivity index (χ4v) is 2.94. The number of ether oxygens (including phenoxy) is 1. The van der Waals surface area contributed by atoms with Gasteiger partial charge in [-0.25, -0.2) is 4.68 Å². The van der Waals surface area contributed by atoms with Gasteiger partial charge in [0, 0.05) is 5.56 Å². The molecule has 11 nitrogen and oxygen atoms in total. The van der Waals surface area contributed by atoms with Crippen LogP contribution in [0.5, 0.6) is 5.75 Å². The summed E-state index contributed by atoms with van der Waals surface area (Å²) in [6, 6.07) is 13.3. The number of hydrogen-bond donors (Lipinski definition) is 2. The molecule has 32 heavy (non-hydrogen) atoms. The third-order valence-electron chi connectivity index (χ3n) is 4.72. The van der Waals surface area contributed by atoms with E-state index in [4.69, 9.17) is 9.26 Å². The van der Waals surface area contributed by atoms with Crippen molar-refractivity contribution in [2.75, 3.05) is 0 Å². The molecular formula is C21H19N7O4. The zero-order chi connectivity index (χ0) is 22.5. The Hall–Kier alpha value is -4.54. The Labute approximate surface area is 182 Å². The van der Waals surface area contributed by atoms with Crippen molar-refractivity contribution in [3.63, 3.8) is 0 Å². The van der Waals surface area contributed by atoms with Crippen molar-refractivity contribution in [3.05, 3.63) is 83.0 Å². The van der Waals surface area contributed by atoms with Crippen LogP contribution in [0.25, 0.3) is 5.69 Å². The van der Waals surface area contributed by atoms with Gasteiger partial charge >= 0.3 is 0 Å².